The van der Waals surface area contributed by atoms with E-state index in [4.69, 9.17) is 0 Å². The van der Waals surface area contributed by atoms with Gasteiger partial charge in [0.25, 0.3) is 0 Å². The number of carbonyl (C=O) groups excluding carboxylic acids is 1. The second-order valence-corrected chi connectivity index (χ2v) is 9.56. The first kappa shape index (κ1) is 16.8. The summed E-state index contributed by atoms with van der Waals surface area (Å²) in [6.45, 7) is 6.10. The predicted molar refractivity (Wildman–Crippen MR) is 94.4 cm³/mol. The van der Waals surface area contributed by atoms with Crippen LogP contribution in [0.5, 0.6) is 0 Å². The molecule has 136 valence electrons. The van der Waals surface area contributed by atoms with E-state index in [2.05, 4.69) is 24.1 Å². The molecular weight excluding hydrogens is 300 g/mol. The third-order valence-electron chi connectivity index (χ3n) is 6.93. The molecule has 0 radical (unpaired) electrons. The third kappa shape index (κ3) is 3.50. The van der Waals surface area contributed by atoms with Crippen LogP contribution in [0.2, 0.25) is 0 Å². The number of carbonyl (C=O) groups is 1. The normalized spacial score (nSPS) is 44.9. The van der Waals surface area contributed by atoms with E-state index >= 15 is 0 Å². The van der Waals surface area contributed by atoms with Crippen molar-refractivity contribution in [3.63, 3.8) is 0 Å². The molecule has 3 saturated carbocycles. The molecular formula is C20H34N2O2. The summed E-state index contributed by atoms with van der Waals surface area (Å²) in [4.78, 5) is 15.1. The van der Waals surface area contributed by atoms with Crippen LogP contribution in [0.3, 0.4) is 0 Å². The summed E-state index contributed by atoms with van der Waals surface area (Å²) in [6, 6.07) is 0.0113. The standard InChI is InChI=1S/C20H34N2O2/c1-12(2)11-22-4-3-18(23)19(22)20(24)21-17-8-13-5-14(9-17)7-16-10-15(16)6-13/h12-19,23H,3-11H2,1-2H3,(H,21,24)/t13?,14?,15?,16?,17?,18-,19-/m0/s1. The van der Waals surface area contributed by atoms with Crippen LogP contribution in [0.15, 0.2) is 0 Å². The van der Waals surface area contributed by atoms with Crippen molar-refractivity contribution >= 4 is 5.91 Å². The predicted octanol–water partition coefficient (Wildman–Crippen LogP) is 2.41. The molecule has 2 bridgehead atoms. The van der Waals surface area contributed by atoms with E-state index in [1.54, 1.807) is 0 Å². The molecule has 4 heteroatoms. The molecule has 4 nitrogen and oxygen atoms in total. The van der Waals surface area contributed by atoms with Crippen LogP contribution in [-0.2, 0) is 4.79 Å². The van der Waals surface area contributed by atoms with Crippen LogP contribution in [-0.4, -0.2) is 47.2 Å². The molecule has 2 N–H and O–H groups in total. The maximum atomic E-state index is 12.9. The fourth-order valence-electron chi connectivity index (χ4n) is 5.95. The maximum Gasteiger partial charge on any atom is 0.240 e. The fourth-order valence-corrected chi connectivity index (χ4v) is 5.95. The van der Waals surface area contributed by atoms with Crippen molar-refractivity contribution in [1.29, 1.82) is 0 Å². The van der Waals surface area contributed by atoms with Crippen molar-refractivity contribution in [3.05, 3.63) is 0 Å². The summed E-state index contributed by atoms with van der Waals surface area (Å²) >= 11 is 0. The van der Waals surface area contributed by atoms with Gasteiger partial charge in [0.2, 0.25) is 5.91 Å². The highest BCUT2D eigenvalue weighted by Crippen LogP contribution is 2.54. The van der Waals surface area contributed by atoms with E-state index in [-0.39, 0.29) is 11.9 Å². The number of hydrogen-bond donors (Lipinski definition) is 2. The molecule has 4 fully saturated rings. The van der Waals surface area contributed by atoms with E-state index in [0.29, 0.717) is 12.0 Å². The Morgan fingerprint density at radius 2 is 1.75 bits per heavy atom. The molecule has 6 atom stereocenters. The van der Waals surface area contributed by atoms with Crippen molar-refractivity contribution in [2.75, 3.05) is 13.1 Å². The summed E-state index contributed by atoms with van der Waals surface area (Å²) in [5.41, 5.74) is 0. The fraction of sp³-hybridized carbons (Fsp3) is 0.950. The number of aliphatic hydroxyl groups is 1. The molecule has 0 aromatic heterocycles. The third-order valence-corrected chi connectivity index (χ3v) is 6.93. The number of hydrogen-bond acceptors (Lipinski definition) is 3. The number of amides is 1. The molecule has 1 saturated heterocycles. The molecule has 1 aliphatic heterocycles. The Bertz CT molecular complexity index is 458. The summed E-state index contributed by atoms with van der Waals surface area (Å²) in [5, 5.41) is 13.7. The monoisotopic (exact) mass is 334 g/mol. The Morgan fingerprint density at radius 3 is 2.38 bits per heavy atom. The van der Waals surface area contributed by atoms with Crippen LogP contribution < -0.4 is 5.32 Å². The minimum absolute atomic E-state index is 0.0782. The number of nitrogens with zero attached hydrogens (tertiary/aromatic N) is 1. The van der Waals surface area contributed by atoms with Gasteiger partial charge in [0.05, 0.1) is 6.10 Å². The van der Waals surface area contributed by atoms with E-state index in [9.17, 15) is 9.90 Å². The summed E-state index contributed by atoms with van der Waals surface area (Å²) in [5.74, 6) is 4.27. The largest absolute Gasteiger partial charge is 0.391 e. The molecule has 0 spiro atoms. The minimum atomic E-state index is -0.498. The van der Waals surface area contributed by atoms with Gasteiger partial charge >= 0.3 is 0 Å². The van der Waals surface area contributed by atoms with Crippen LogP contribution in [0.25, 0.3) is 0 Å². The van der Waals surface area contributed by atoms with Gasteiger partial charge in [-0.25, -0.2) is 0 Å². The van der Waals surface area contributed by atoms with Crippen LogP contribution in [0.1, 0.15) is 58.8 Å². The highest BCUT2D eigenvalue weighted by Gasteiger charge is 2.46. The first-order valence-electron chi connectivity index (χ1n) is 10.2. The molecule has 4 aliphatic rings. The quantitative estimate of drug-likeness (QED) is 0.830. The smallest absolute Gasteiger partial charge is 0.240 e. The lowest BCUT2D eigenvalue weighted by Gasteiger charge is -2.36. The Kier molecular flexibility index (Phi) is 4.63. The Morgan fingerprint density at radius 1 is 1.08 bits per heavy atom. The van der Waals surface area contributed by atoms with Crippen LogP contribution in [0.4, 0.5) is 0 Å². The van der Waals surface area contributed by atoms with Crippen molar-refractivity contribution in [2.45, 2.75) is 77.0 Å². The van der Waals surface area contributed by atoms with Gasteiger partial charge in [-0.05, 0) is 74.5 Å². The van der Waals surface area contributed by atoms with Gasteiger partial charge in [-0.1, -0.05) is 13.8 Å². The lowest BCUT2D eigenvalue weighted by atomic mass is 9.76. The van der Waals surface area contributed by atoms with Crippen molar-refractivity contribution in [2.24, 2.45) is 29.6 Å². The van der Waals surface area contributed by atoms with Crippen molar-refractivity contribution < 1.29 is 9.90 Å². The van der Waals surface area contributed by atoms with E-state index in [0.717, 1.165) is 43.2 Å². The molecule has 0 aromatic rings. The first-order valence-corrected chi connectivity index (χ1v) is 10.2. The number of rotatable bonds is 4. The Labute approximate surface area is 146 Å². The highest BCUT2D eigenvalue weighted by atomic mass is 16.3. The molecule has 4 unspecified atom stereocenters. The molecule has 1 heterocycles. The summed E-state index contributed by atoms with van der Waals surface area (Å²) < 4.78 is 0. The molecule has 4 rings (SSSR count). The second kappa shape index (κ2) is 6.60. The van der Waals surface area contributed by atoms with Crippen molar-refractivity contribution in [3.8, 4) is 0 Å². The van der Waals surface area contributed by atoms with E-state index < -0.39 is 6.10 Å². The number of nitrogens with one attached hydrogen (secondary N) is 1. The highest BCUT2D eigenvalue weighted by molar-refractivity contribution is 5.83. The lowest BCUT2D eigenvalue weighted by Crippen LogP contribution is -2.52. The Balaban J connectivity index is 1.36. The minimum Gasteiger partial charge on any atom is -0.391 e. The zero-order valence-corrected chi connectivity index (χ0v) is 15.3. The lowest BCUT2D eigenvalue weighted by molar-refractivity contribution is -0.129. The average Bonchev–Trinajstić information content (AvgIpc) is 3.11. The molecule has 3 aliphatic carbocycles. The van der Waals surface area contributed by atoms with Gasteiger partial charge < -0.3 is 10.4 Å². The topological polar surface area (TPSA) is 52.6 Å². The molecule has 1 amide bonds. The zero-order valence-electron chi connectivity index (χ0n) is 15.3. The second-order valence-electron chi connectivity index (χ2n) is 9.56. The Hall–Kier alpha value is -0.610. The maximum absolute atomic E-state index is 12.9. The van der Waals surface area contributed by atoms with Gasteiger partial charge in [-0.2, -0.15) is 0 Å². The summed E-state index contributed by atoms with van der Waals surface area (Å²) in [7, 11) is 0. The van der Waals surface area contributed by atoms with Crippen LogP contribution >= 0.6 is 0 Å². The van der Waals surface area contributed by atoms with Gasteiger partial charge in [0.1, 0.15) is 6.04 Å². The van der Waals surface area contributed by atoms with Gasteiger partial charge in [-0.15, -0.1) is 0 Å². The summed E-state index contributed by atoms with van der Waals surface area (Å²) in [6.07, 6.45) is 8.23. The number of fused-ring (bicyclic) bond motifs is 3. The number of likely N-dealkylation sites (tertiary alicyclic amines) is 1. The van der Waals surface area contributed by atoms with Gasteiger partial charge in [0.15, 0.2) is 0 Å². The average molecular weight is 335 g/mol. The zero-order chi connectivity index (χ0) is 16.8. The van der Waals surface area contributed by atoms with Crippen molar-refractivity contribution in [1.82, 2.24) is 10.2 Å². The van der Waals surface area contributed by atoms with Gasteiger partial charge in [-0.3, -0.25) is 9.69 Å². The SMILES string of the molecule is CC(C)CN1CC[C@H](O)[C@H]1C(=O)NC1CC2CC(C1)CC1CC1C2. The molecule has 0 aromatic carbocycles. The number of aliphatic hydroxyl groups excluding tert-OH is 1. The first-order chi connectivity index (χ1) is 11.5. The van der Waals surface area contributed by atoms with Crippen LogP contribution in [0, 0.1) is 29.6 Å². The van der Waals surface area contributed by atoms with E-state index in [1.165, 1.54) is 38.5 Å². The van der Waals surface area contributed by atoms with Gasteiger partial charge in [0, 0.05) is 19.1 Å². The van der Waals surface area contributed by atoms with E-state index in [1.807, 2.05) is 0 Å². The molecule has 24 heavy (non-hydrogen) atoms.